The third kappa shape index (κ3) is 5.83. The molecule has 3 heterocycles. The molecular formula is C31H35N7O4. The number of nitrogens with zero attached hydrogens (tertiary/aromatic N) is 6. The van der Waals surface area contributed by atoms with E-state index in [4.69, 9.17) is 10.5 Å². The minimum absolute atomic E-state index is 0.123. The fourth-order valence-electron chi connectivity index (χ4n) is 5.62. The standard InChI is InChI=1S/C31H35N7O4/c1-21-18-37(26(39)20-36-12-14-42-15-13-36)31(41)27(21)28-25(17-33)29(35(2)19-23-10-8-22(16-32)9-11-23)38(34-28)30(40)24-6-4-3-5-7-24/h3-11,21,27H,12-16,18-20,32H2,1-2H3. The second-order valence-electron chi connectivity index (χ2n) is 10.8. The molecule has 5 rings (SSSR count). The summed E-state index contributed by atoms with van der Waals surface area (Å²) in [4.78, 5) is 45.7. The molecule has 2 saturated heterocycles. The molecule has 2 aliphatic rings. The number of aromatic nitrogens is 2. The predicted molar refractivity (Wildman–Crippen MR) is 155 cm³/mol. The summed E-state index contributed by atoms with van der Waals surface area (Å²) in [5.74, 6) is -1.95. The Labute approximate surface area is 245 Å². The van der Waals surface area contributed by atoms with E-state index in [0.717, 1.165) is 11.1 Å². The molecule has 2 amide bonds. The van der Waals surface area contributed by atoms with Crippen LogP contribution in [0.15, 0.2) is 54.6 Å². The van der Waals surface area contributed by atoms with E-state index in [-0.39, 0.29) is 36.2 Å². The number of nitrogens with two attached hydrogens (primary N) is 1. The van der Waals surface area contributed by atoms with E-state index in [1.165, 1.54) is 9.58 Å². The Hall–Kier alpha value is -4.37. The first-order valence-electron chi connectivity index (χ1n) is 14.1. The summed E-state index contributed by atoms with van der Waals surface area (Å²) in [6.45, 7) is 5.36. The van der Waals surface area contributed by atoms with Crippen molar-refractivity contribution in [3.05, 3.63) is 82.5 Å². The number of anilines is 1. The summed E-state index contributed by atoms with van der Waals surface area (Å²) >= 11 is 0. The lowest BCUT2D eigenvalue weighted by atomic mass is 9.92. The van der Waals surface area contributed by atoms with Gasteiger partial charge in [-0.15, -0.1) is 0 Å². The van der Waals surface area contributed by atoms with Crippen LogP contribution in [0.3, 0.4) is 0 Å². The molecule has 42 heavy (non-hydrogen) atoms. The highest BCUT2D eigenvalue weighted by atomic mass is 16.5. The molecule has 0 radical (unpaired) electrons. The van der Waals surface area contributed by atoms with Crippen LogP contribution in [0.4, 0.5) is 5.82 Å². The minimum Gasteiger partial charge on any atom is -0.379 e. The Bertz CT molecular complexity index is 1490. The monoisotopic (exact) mass is 569 g/mol. The van der Waals surface area contributed by atoms with Crippen molar-refractivity contribution in [2.75, 3.05) is 51.3 Å². The maximum absolute atomic E-state index is 13.7. The van der Waals surface area contributed by atoms with Crippen LogP contribution in [0.2, 0.25) is 0 Å². The Morgan fingerprint density at radius 3 is 2.40 bits per heavy atom. The number of rotatable bonds is 8. The van der Waals surface area contributed by atoms with Gasteiger partial charge in [0.15, 0.2) is 5.82 Å². The van der Waals surface area contributed by atoms with Crippen LogP contribution in [0.1, 0.15) is 45.6 Å². The lowest BCUT2D eigenvalue weighted by molar-refractivity contribution is -0.143. The van der Waals surface area contributed by atoms with Gasteiger partial charge < -0.3 is 15.4 Å². The lowest BCUT2D eigenvalue weighted by Crippen LogP contribution is -2.45. The summed E-state index contributed by atoms with van der Waals surface area (Å²) in [5, 5.41) is 15.0. The van der Waals surface area contributed by atoms with Crippen molar-refractivity contribution in [3.8, 4) is 6.07 Å². The second-order valence-corrected chi connectivity index (χ2v) is 10.8. The molecule has 11 nitrogen and oxygen atoms in total. The van der Waals surface area contributed by atoms with Crippen molar-refractivity contribution in [2.45, 2.75) is 25.9 Å². The first-order valence-corrected chi connectivity index (χ1v) is 14.1. The molecule has 2 aliphatic heterocycles. The van der Waals surface area contributed by atoms with Crippen molar-refractivity contribution in [1.82, 2.24) is 19.6 Å². The number of carbonyl (C=O) groups is 3. The average Bonchev–Trinajstić information content (AvgIpc) is 3.54. The summed E-state index contributed by atoms with van der Waals surface area (Å²) in [6.07, 6.45) is 0. The summed E-state index contributed by atoms with van der Waals surface area (Å²) in [7, 11) is 1.78. The molecule has 2 atom stereocenters. The van der Waals surface area contributed by atoms with Gasteiger partial charge in [0.05, 0.1) is 31.4 Å². The maximum Gasteiger partial charge on any atom is 0.280 e. The quantitative estimate of drug-likeness (QED) is 0.431. The highest BCUT2D eigenvalue weighted by Gasteiger charge is 2.45. The molecule has 1 aromatic heterocycles. The number of nitriles is 1. The van der Waals surface area contributed by atoms with E-state index in [2.05, 4.69) is 11.2 Å². The van der Waals surface area contributed by atoms with Crippen LogP contribution >= 0.6 is 0 Å². The smallest absolute Gasteiger partial charge is 0.280 e. The number of ether oxygens (including phenoxy) is 1. The summed E-state index contributed by atoms with van der Waals surface area (Å²) < 4.78 is 6.58. The SMILES string of the molecule is CC1CN(C(=O)CN2CCOCC2)C(=O)C1c1nn(C(=O)c2ccccc2)c(N(C)Cc2ccc(CN)cc2)c1C#N. The van der Waals surface area contributed by atoms with Gasteiger partial charge in [0.25, 0.3) is 5.91 Å². The van der Waals surface area contributed by atoms with Gasteiger partial charge in [-0.2, -0.15) is 15.0 Å². The molecule has 2 aromatic carbocycles. The average molecular weight is 570 g/mol. The fourth-order valence-corrected chi connectivity index (χ4v) is 5.62. The van der Waals surface area contributed by atoms with E-state index < -0.39 is 17.7 Å². The number of likely N-dealkylation sites (tertiary alicyclic amines) is 1. The highest BCUT2D eigenvalue weighted by Crippen LogP contribution is 2.38. The first kappa shape index (κ1) is 29.1. The largest absolute Gasteiger partial charge is 0.379 e. The molecule has 0 saturated carbocycles. The van der Waals surface area contributed by atoms with Crippen molar-refractivity contribution in [1.29, 1.82) is 5.26 Å². The van der Waals surface area contributed by atoms with E-state index in [0.29, 0.717) is 50.8 Å². The predicted octanol–water partition coefficient (Wildman–Crippen LogP) is 1.96. The molecule has 0 spiro atoms. The number of benzene rings is 2. The van der Waals surface area contributed by atoms with Crippen LogP contribution in [0.25, 0.3) is 0 Å². The molecule has 0 bridgehead atoms. The van der Waals surface area contributed by atoms with Crippen LogP contribution in [0, 0.1) is 17.2 Å². The van der Waals surface area contributed by atoms with E-state index in [1.807, 2.05) is 42.2 Å². The van der Waals surface area contributed by atoms with Crippen molar-refractivity contribution >= 4 is 23.5 Å². The third-order valence-corrected chi connectivity index (χ3v) is 7.88. The van der Waals surface area contributed by atoms with Gasteiger partial charge in [-0.3, -0.25) is 24.2 Å². The third-order valence-electron chi connectivity index (χ3n) is 7.88. The Morgan fingerprint density at radius 2 is 1.76 bits per heavy atom. The van der Waals surface area contributed by atoms with Crippen molar-refractivity contribution in [3.63, 3.8) is 0 Å². The molecule has 218 valence electrons. The van der Waals surface area contributed by atoms with Crippen molar-refractivity contribution in [2.24, 2.45) is 11.7 Å². The number of imide groups is 1. The van der Waals surface area contributed by atoms with E-state index in [1.54, 1.807) is 36.2 Å². The molecule has 3 aromatic rings. The maximum atomic E-state index is 13.7. The number of morpholine rings is 1. The van der Waals surface area contributed by atoms with Gasteiger partial charge in [0, 0.05) is 45.3 Å². The number of carbonyl (C=O) groups excluding carboxylic acids is 3. The molecular weight excluding hydrogens is 534 g/mol. The van der Waals surface area contributed by atoms with Crippen LogP contribution < -0.4 is 10.6 Å². The number of hydrogen-bond acceptors (Lipinski definition) is 9. The van der Waals surface area contributed by atoms with Gasteiger partial charge in [0.1, 0.15) is 11.6 Å². The van der Waals surface area contributed by atoms with Crippen LogP contribution in [-0.4, -0.2) is 83.7 Å². The van der Waals surface area contributed by atoms with Gasteiger partial charge in [0.2, 0.25) is 11.8 Å². The topological polar surface area (TPSA) is 138 Å². The number of amides is 2. The summed E-state index contributed by atoms with van der Waals surface area (Å²) in [6, 6.07) is 18.7. The Balaban J connectivity index is 1.50. The van der Waals surface area contributed by atoms with Crippen molar-refractivity contribution < 1.29 is 19.1 Å². The van der Waals surface area contributed by atoms with E-state index in [9.17, 15) is 19.6 Å². The highest BCUT2D eigenvalue weighted by molar-refractivity contribution is 6.02. The zero-order valence-electron chi connectivity index (χ0n) is 23.9. The fraction of sp³-hybridized carbons (Fsp3) is 0.387. The van der Waals surface area contributed by atoms with Gasteiger partial charge in [-0.1, -0.05) is 49.4 Å². The Morgan fingerprint density at radius 1 is 1.10 bits per heavy atom. The van der Waals surface area contributed by atoms with Gasteiger partial charge in [-0.25, -0.2) is 0 Å². The second kappa shape index (κ2) is 12.7. The molecule has 11 heteroatoms. The Kier molecular flexibility index (Phi) is 8.77. The zero-order valence-corrected chi connectivity index (χ0v) is 23.9. The van der Waals surface area contributed by atoms with E-state index >= 15 is 0 Å². The number of hydrogen-bond donors (Lipinski definition) is 1. The van der Waals surface area contributed by atoms with Gasteiger partial charge >= 0.3 is 0 Å². The summed E-state index contributed by atoms with van der Waals surface area (Å²) in [5.41, 5.74) is 8.44. The lowest BCUT2D eigenvalue weighted by Gasteiger charge is -2.27. The minimum atomic E-state index is -0.839. The molecule has 2 N–H and O–H groups in total. The van der Waals surface area contributed by atoms with Crippen LogP contribution in [0.5, 0.6) is 0 Å². The van der Waals surface area contributed by atoms with Gasteiger partial charge in [-0.05, 0) is 29.2 Å². The molecule has 2 unspecified atom stereocenters. The molecule has 2 fully saturated rings. The normalized spacial score (nSPS) is 19.1. The van der Waals surface area contributed by atoms with Crippen LogP contribution in [-0.2, 0) is 27.4 Å². The molecule has 0 aliphatic carbocycles. The first-order chi connectivity index (χ1) is 20.3. The zero-order chi connectivity index (χ0) is 29.8.